The molecule has 0 saturated heterocycles. The van der Waals surface area contributed by atoms with E-state index in [1.165, 1.54) is 6.21 Å². The van der Waals surface area contributed by atoms with Crippen molar-refractivity contribution in [3.63, 3.8) is 0 Å². The molecule has 0 radical (unpaired) electrons. The lowest BCUT2D eigenvalue weighted by Crippen LogP contribution is -2.03. The van der Waals surface area contributed by atoms with Gasteiger partial charge in [-0.3, -0.25) is 0 Å². The monoisotopic (exact) mass is 165 g/mol. The third-order valence-corrected chi connectivity index (χ3v) is 1.42. The second-order valence-electron chi connectivity index (χ2n) is 2.25. The van der Waals surface area contributed by atoms with Crippen molar-refractivity contribution in [3.8, 4) is 5.75 Å². The lowest BCUT2D eigenvalue weighted by molar-refractivity contribution is 0.201. The van der Waals surface area contributed by atoms with Gasteiger partial charge in [-0.15, -0.1) is 0 Å². The first-order valence-electron chi connectivity index (χ1n) is 3.71. The fraction of sp³-hybridized carbons (Fsp3) is 0.222. The third-order valence-electron chi connectivity index (χ3n) is 1.42. The van der Waals surface area contributed by atoms with Gasteiger partial charge in [-0.05, 0) is 12.1 Å². The van der Waals surface area contributed by atoms with Gasteiger partial charge in [-0.2, -0.15) is 0 Å². The molecule has 1 aromatic carbocycles. The van der Waals surface area contributed by atoms with Gasteiger partial charge in [0.05, 0.1) is 6.61 Å². The molecule has 64 valence electrons. The van der Waals surface area contributed by atoms with Crippen LogP contribution in [-0.2, 0) is 0 Å². The van der Waals surface area contributed by atoms with Crippen molar-refractivity contribution in [2.24, 2.45) is 0 Å². The topological polar surface area (TPSA) is 53.3 Å². The molecule has 3 heteroatoms. The zero-order chi connectivity index (χ0) is 8.81. The van der Waals surface area contributed by atoms with E-state index < -0.39 is 0 Å². The molecule has 0 bridgehead atoms. The summed E-state index contributed by atoms with van der Waals surface area (Å²) in [6, 6.07) is 7.24. The number of rotatable bonds is 4. The quantitative estimate of drug-likeness (QED) is 0.655. The smallest absolute Gasteiger partial charge is 0.128 e. The Morgan fingerprint density at radius 3 is 2.83 bits per heavy atom. The van der Waals surface area contributed by atoms with Gasteiger partial charge < -0.3 is 15.3 Å². The normalized spacial score (nSPS) is 9.42. The van der Waals surface area contributed by atoms with Crippen LogP contribution in [0.2, 0.25) is 0 Å². The SMILES string of the molecule is N=Cc1ccccc1OCCO. The largest absolute Gasteiger partial charge is 0.491 e. The highest BCUT2D eigenvalue weighted by atomic mass is 16.5. The van der Waals surface area contributed by atoms with Crippen molar-refractivity contribution in [1.29, 1.82) is 5.41 Å². The van der Waals surface area contributed by atoms with Crippen molar-refractivity contribution in [2.75, 3.05) is 13.2 Å². The zero-order valence-corrected chi connectivity index (χ0v) is 6.66. The van der Waals surface area contributed by atoms with E-state index in [0.29, 0.717) is 5.75 Å². The molecule has 0 aliphatic carbocycles. The Morgan fingerprint density at radius 2 is 2.17 bits per heavy atom. The van der Waals surface area contributed by atoms with Crippen molar-refractivity contribution in [2.45, 2.75) is 0 Å². The van der Waals surface area contributed by atoms with Crippen LogP contribution in [0.3, 0.4) is 0 Å². The molecular formula is C9H11NO2. The number of hydrogen-bond acceptors (Lipinski definition) is 3. The molecule has 0 unspecified atom stereocenters. The van der Waals surface area contributed by atoms with E-state index >= 15 is 0 Å². The van der Waals surface area contributed by atoms with E-state index in [1.807, 2.05) is 12.1 Å². The van der Waals surface area contributed by atoms with Crippen molar-refractivity contribution in [3.05, 3.63) is 29.8 Å². The summed E-state index contributed by atoms with van der Waals surface area (Å²) in [4.78, 5) is 0. The van der Waals surface area contributed by atoms with E-state index in [4.69, 9.17) is 15.3 Å². The fourth-order valence-corrected chi connectivity index (χ4v) is 0.887. The molecule has 0 amide bonds. The maximum atomic E-state index is 8.51. The van der Waals surface area contributed by atoms with Gasteiger partial charge in [0.25, 0.3) is 0 Å². The number of para-hydroxylation sites is 1. The Bertz CT molecular complexity index is 260. The lowest BCUT2D eigenvalue weighted by atomic mass is 10.2. The van der Waals surface area contributed by atoms with Crippen molar-refractivity contribution >= 4 is 6.21 Å². The van der Waals surface area contributed by atoms with Crippen LogP contribution < -0.4 is 4.74 Å². The molecule has 0 spiro atoms. The van der Waals surface area contributed by atoms with Crippen LogP contribution in [0.4, 0.5) is 0 Å². The van der Waals surface area contributed by atoms with Crippen molar-refractivity contribution in [1.82, 2.24) is 0 Å². The van der Waals surface area contributed by atoms with E-state index in [2.05, 4.69) is 0 Å². The average Bonchev–Trinajstić information content (AvgIpc) is 2.15. The first kappa shape index (κ1) is 8.74. The molecule has 0 aromatic heterocycles. The Kier molecular flexibility index (Phi) is 3.29. The van der Waals surface area contributed by atoms with Crippen LogP contribution in [0.1, 0.15) is 5.56 Å². The van der Waals surface area contributed by atoms with Crippen molar-refractivity contribution < 1.29 is 9.84 Å². The summed E-state index contributed by atoms with van der Waals surface area (Å²) in [7, 11) is 0. The molecule has 12 heavy (non-hydrogen) atoms. The van der Waals surface area contributed by atoms with Crippen LogP contribution >= 0.6 is 0 Å². The Balaban J connectivity index is 2.75. The maximum absolute atomic E-state index is 8.51. The predicted octanol–water partition coefficient (Wildman–Crippen LogP) is 1.06. The molecular weight excluding hydrogens is 154 g/mol. The van der Waals surface area contributed by atoms with E-state index in [0.717, 1.165) is 5.56 Å². The number of hydrogen-bond donors (Lipinski definition) is 2. The van der Waals surface area contributed by atoms with Crippen LogP contribution in [0, 0.1) is 5.41 Å². The molecule has 2 N–H and O–H groups in total. The van der Waals surface area contributed by atoms with Gasteiger partial charge in [-0.1, -0.05) is 12.1 Å². The fourth-order valence-electron chi connectivity index (χ4n) is 0.887. The van der Waals surface area contributed by atoms with Crippen LogP contribution in [-0.4, -0.2) is 24.5 Å². The first-order valence-corrected chi connectivity index (χ1v) is 3.71. The summed E-state index contributed by atoms with van der Waals surface area (Å²) in [5, 5.41) is 15.6. The number of aliphatic hydroxyl groups excluding tert-OH is 1. The maximum Gasteiger partial charge on any atom is 0.128 e. The molecule has 0 aliphatic heterocycles. The summed E-state index contributed by atoms with van der Waals surface area (Å²) < 4.78 is 5.18. The molecule has 1 aromatic rings. The summed E-state index contributed by atoms with van der Waals surface area (Å²) in [6.45, 7) is 0.261. The molecule has 3 nitrogen and oxygen atoms in total. The number of nitrogens with one attached hydrogen (secondary N) is 1. The highest BCUT2D eigenvalue weighted by Gasteiger charge is 1.97. The standard InChI is InChI=1S/C9H11NO2/c10-7-8-3-1-2-4-9(8)12-6-5-11/h1-4,7,10-11H,5-6H2. The minimum Gasteiger partial charge on any atom is -0.491 e. The summed E-state index contributed by atoms with van der Waals surface area (Å²) >= 11 is 0. The second-order valence-corrected chi connectivity index (χ2v) is 2.25. The summed E-state index contributed by atoms with van der Waals surface area (Å²) in [5.41, 5.74) is 0.728. The molecule has 1 rings (SSSR count). The average molecular weight is 165 g/mol. The van der Waals surface area contributed by atoms with Gasteiger partial charge in [0, 0.05) is 11.8 Å². The van der Waals surface area contributed by atoms with Gasteiger partial charge in [0.1, 0.15) is 12.4 Å². The summed E-state index contributed by atoms with van der Waals surface area (Å²) in [6.07, 6.45) is 1.23. The highest BCUT2D eigenvalue weighted by Crippen LogP contribution is 2.14. The van der Waals surface area contributed by atoms with Crippen LogP contribution in [0.25, 0.3) is 0 Å². The number of aliphatic hydroxyl groups is 1. The minimum absolute atomic E-state index is 0.00760. The molecule has 0 saturated carbocycles. The highest BCUT2D eigenvalue weighted by molar-refractivity contribution is 5.80. The van der Waals surface area contributed by atoms with Crippen LogP contribution in [0.5, 0.6) is 5.75 Å². The third kappa shape index (κ3) is 2.07. The van der Waals surface area contributed by atoms with Gasteiger partial charge in [0.15, 0.2) is 0 Å². The minimum atomic E-state index is -0.00760. The predicted molar refractivity (Wildman–Crippen MR) is 46.9 cm³/mol. The zero-order valence-electron chi connectivity index (χ0n) is 6.66. The van der Waals surface area contributed by atoms with Gasteiger partial charge >= 0.3 is 0 Å². The van der Waals surface area contributed by atoms with Crippen LogP contribution in [0.15, 0.2) is 24.3 Å². The number of benzene rings is 1. The van der Waals surface area contributed by atoms with Gasteiger partial charge in [0.2, 0.25) is 0 Å². The molecule has 0 atom stereocenters. The Labute approximate surface area is 71.1 Å². The lowest BCUT2D eigenvalue weighted by Gasteiger charge is -2.05. The van der Waals surface area contributed by atoms with E-state index in [1.54, 1.807) is 12.1 Å². The Morgan fingerprint density at radius 1 is 1.42 bits per heavy atom. The molecule has 0 fully saturated rings. The second kappa shape index (κ2) is 4.51. The Hall–Kier alpha value is -1.35. The molecule has 0 aliphatic rings. The van der Waals surface area contributed by atoms with E-state index in [9.17, 15) is 0 Å². The molecule has 0 heterocycles. The number of ether oxygens (including phenoxy) is 1. The first-order chi connectivity index (χ1) is 5.88. The van der Waals surface area contributed by atoms with Gasteiger partial charge in [-0.25, -0.2) is 0 Å². The van der Waals surface area contributed by atoms with E-state index in [-0.39, 0.29) is 13.2 Å². The summed E-state index contributed by atoms with van der Waals surface area (Å²) in [5.74, 6) is 0.640.